The zero-order valence-electron chi connectivity index (χ0n) is 12.2. The standard InChI is InChI=1S/C12H15F5N4O.ClH/c1-6-10(19-4-9(21-6)12(15,16)17)18-3-8-7(2)22-11(13,14)5-20-8;/h4,7-8,20H,3,5H2,1-2H3,(H,18,19);1H/t7-,8+;/m0./s1. The SMILES string of the molecule is Cc1nc(C(F)(F)F)cnc1NC[C@H]1NCC(F)(F)O[C@H]1C.Cl. The topological polar surface area (TPSA) is 59.1 Å². The van der Waals surface area contributed by atoms with Crippen molar-refractivity contribution in [3.8, 4) is 0 Å². The highest BCUT2D eigenvalue weighted by Gasteiger charge is 2.40. The van der Waals surface area contributed by atoms with E-state index in [-0.39, 0.29) is 30.5 Å². The van der Waals surface area contributed by atoms with E-state index in [4.69, 9.17) is 0 Å². The molecule has 132 valence electrons. The van der Waals surface area contributed by atoms with E-state index in [1.807, 2.05) is 0 Å². The number of hydrogen-bond donors (Lipinski definition) is 2. The number of aromatic nitrogens is 2. The van der Waals surface area contributed by atoms with Gasteiger partial charge in [0, 0.05) is 6.54 Å². The zero-order chi connectivity index (χ0) is 16.5. The van der Waals surface area contributed by atoms with Crippen LogP contribution < -0.4 is 10.6 Å². The highest BCUT2D eigenvalue weighted by atomic mass is 35.5. The fraction of sp³-hybridized carbons (Fsp3) is 0.667. The van der Waals surface area contributed by atoms with Crippen LogP contribution >= 0.6 is 12.4 Å². The van der Waals surface area contributed by atoms with Crippen molar-refractivity contribution in [2.45, 2.75) is 38.3 Å². The van der Waals surface area contributed by atoms with Crippen molar-refractivity contribution in [3.63, 3.8) is 0 Å². The lowest BCUT2D eigenvalue weighted by molar-refractivity contribution is -0.278. The third-order valence-corrected chi connectivity index (χ3v) is 3.22. The van der Waals surface area contributed by atoms with Gasteiger partial charge in [-0.2, -0.15) is 22.0 Å². The molecule has 11 heteroatoms. The molecule has 1 aromatic heterocycles. The van der Waals surface area contributed by atoms with Crippen LogP contribution in [0, 0.1) is 6.92 Å². The Balaban J connectivity index is 0.00000264. The Morgan fingerprint density at radius 1 is 1.43 bits per heavy atom. The lowest BCUT2D eigenvalue weighted by atomic mass is 10.1. The number of morpholine rings is 1. The highest BCUT2D eigenvalue weighted by Crippen LogP contribution is 2.28. The molecule has 1 fully saturated rings. The molecule has 0 saturated carbocycles. The van der Waals surface area contributed by atoms with Crippen LogP contribution in [0.1, 0.15) is 18.3 Å². The minimum Gasteiger partial charge on any atom is -0.367 e. The number of hydrogen-bond acceptors (Lipinski definition) is 5. The Morgan fingerprint density at radius 2 is 2.09 bits per heavy atom. The van der Waals surface area contributed by atoms with E-state index >= 15 is 0 Å². The van der Waals surface area contributed by atoms with Gasteiger partial charge in [-0.15, -0.1) is 12.4 Å². The van der Waals surface area contributed by atoms with Gasteiger partial charge in [-0.3, -0.25) is 0 Å². The number of alkyl halides is 5. The second-order valence-corrected chi connectivity index (χ2v) is 5.02. The molecule has 1 saturated heterocycles. The van der Waals surface area contributed by atoms with Gasteiger partial charge in [0.1, 0.15) is 5.82 Å². The van der Waals surface area contributed by atoms with Gasteiger partial charge in [-0.05, 0) is 13.8 Å². The molecule has 2 rings (SSSR count). The van der Waals surface area contributed by atoms with Crippen molar-refractivity contribution < 1.29 is 26.7 Å². The zero-order valence-corrected chi connectivity index (χ0v) is 13.1. The number of halogens is 6. The molecular weight excluding hydrogens is 347 g/mol. The highest BCUT2D eigenvalue weighted by molar-refractivity contribution is 5.85. The number of anilines is 1. The molecule has 2 atom stereocenters. The molecule has 0 unspecified atom stereocenters. The second-order valence-electron chi connectivity index (χ2n) is 5.02. The predicted octanol–water partition coefficient (Wildman–Crippen LogP) is 2.61. The summed E-state index contributed by atoms with van der Waals surface area (Å²) in [6.07, 6.45) is -7.92. The molecule has 2 N–H and O–H groups in total. The smallest absolute Gasteiger partial charge is 0.367 e. The van der Waals surface area contributed by atoms with Crippen LogP contribution in [0.25, 0.3) is 0 Å². The normalized spacial score (nSPS) is 24.0. The van der Waals surface area contributed by atoms with Crippen LogP contribution in [0.4, 0.5) is 27.8 Å². The first-order valence-electron chi connectivity index (χ1n) is 6.52. The number of rotatable bonds is 3. The van der Waals surface area contributed by atoms with Gasteiger partial charge in [0.15, 0.2) is 5.69 Å². The first kappa shape index (κ1) is 19.8. The van der Waals surface area contributed by atoms with Crippen molar-refractivity contribution in [1.29, 1.82) is 0 Å². The summed E-state index contributed by atoms with van der Waals surface area (Å²) in [5.74, 6) is 0.166. The Bertz CT molecular complexity index is 543. The average Bonchev–Trinajstić information content (AvgIpc) is 2.37. The summed E-state index contributed by atoms with van der Waals surface area (Å²) in [4.78, 5) is 7.10. The summed E-state index contributed by atoms with van der Waals surface area (Å²) in [7, 11) is 0. The van der Waals surface area contributed by atoms with E-state index in [2.05, 4.69) is 25.3 Å². The lowest BCUT2D eigenvalue weighted by Crippen LogP contribution is -2.57. The predicted molar refractivity (Wildman–Crippen MR) is 74.8 cm³/mol. The molecule has 1 aromatic rings. The van der Waals surface area contributed by atoms with Crippen molar-refractivity contribution in [2.75, 3.05) is 18.4 Å². The Hall–Kier alpha value is -1.26. The first-order chi connectivity index (χ1) is 10.1. The van der Waals surface area contributed by atoms with Gasteiger partial charge in [0.05, 0.1) is 30.6 Å². The minimum atomic E-state index is -4.56. The average molecular weight is 363 g/mol. The summed E-state index contributed by atoms with van der Waals surface area (Å²) < 4.78 is 67.9. The molecule has 0 amide bonds. The summed E-state index contributed by atoms with van der Waals surface area (Å²) in [6.45, 7) is 2.41. The number of nitrogens with zero attached hydrogens (tertiary/aromatic N) is 2. The van der Waals surface area contributed by atoms with Gasteiger partial charge in [-0.1, -0.05) is 0 Å². The van der Waals surface area contributed by atoms with E-state index < -0.39 is 36.7 Å². The molecule has 0 spiro atoms. The largest absolute Gasteiger partial charge is 0.434 e. The molecule has 5 nitrogen and oxygen atoms in total. The van der Waals surface area contributed by atoms with E-state index in [0.29, 0.717) is 6.20 Å². The lowest BCUT2D eigenvalue weighted by Gasteiger charge is -2.35. The number of ether oxygens (including phenoxy) is 1. The Labute approximate surface area is 135 Å². The van der Waals surface area contributed by atoms with Gasteiger partial charge in [0.25, 0.3) is 0 Å². The summed E-state index contributed by atoms with van der Waals surface area (Å²) in [5.41, 5.74) is -1.01. The molecule has 0 radical (unpaired) electrons. The van der Waals surface area contributed by atoms with Gasteiger partial charge in [0.2, 0.25) is 0 Å². The maximum Gasteiger partial charge on any atom is 0.434 e. The van der Waals surface area contributed by atoms with Crippen LogP contribution in [0.5, 0.6) is 0 Å². The van der Waals surface area contributed by atoms with E-state index in [0.717, 1.165) is 0 Å². The molecule has 0 aromatic carbocycles. The molecule has 1 aliphatic heterocycles. The van der Waals surface area contributed by atoms with Crippen molar-refractivity contribution in [2.24, 2.45) is 0 Å². The molecule has 0 aliphatic carbocycles. The summed E-state index contributed by atoms with van der Waals surface area (Å²) in [6, 6.07) is -0.428. The van der Waals surface area contributed by atoms with E-state index in [1.54, 1.807) is 0 Å². The molecule has 2 heterocycles. The molecule has 1 aliphatic rings. The molecule has 0 bridgehead atoms. The summed E-state index contributed by atoms with van der Waals surface area (Å²) in [5, 5.41) is 5.41. The van der Waals surface area contributed by atoms with Gasteiger partial charge < -0.3 is 15.4 Å². The molecule has 23 heavy (non-hydrogen) atoms. The first-order valence-corrected chi connectivity index (χ1v) is 6.52. The number of nitrogens with one attached hydrogen (secondary N) is 2. The van der Waals surface area contributed by atoms with Crippen molar-refractivity contribution in [1.82, 2.24) is 15.3 Å². The number of aryl methyl sites for hydroxylation is 1. The molecular formula is C12H16ClF5N4O. The second kappa shape index (κ2) is 7.10. The van der Waals surface area contributed by atoms with Gasteiger partial charge in [-0.25, -0.2) is 9.97 Å². The van der Waals surface area contributed by atoms with Crippen LogP contribution in [0.2, 0.25) is 0 Å². The maximum absolute atomic E-state index is 13.0. The van der Waals surface area contributed by atoms with E-state index in [1.165, 1.54) is 13.8 Å². The van der Waals surface area contributed by atoms with Gasteiger partial charge >= 0.3 is 12.3 Å². The van der Waals surface area contributed by atoms with Crippen LogP contribution in [-0.2, 0) is 10.9 Å². The fourth-order valence-corrected chi connectivity index (χ4v) is 2.05. The maximum atomic E-state index is 13.0. The third-order valence-electron chi connectivity index (χ3n) is 3.22. The van der Waals surface area contributed by atoms with Crippen molar-refractivity contribution in [3.05, 3.63) is 17.6 Å². The van der Waals surface area contributed by atoms with Crippen LogP contribution in [0.3, 0.4) is 0 Å². The fourth-order valence-electron chi connectivity index (χ4n) is 2.05. The Morgan fingerprint density at radius 3 is 2.61 bits per heavy atom. The quantitative estimate of drug-likeness (QED) is 0.809. The monoisotopic (exact) mass is 362 g/mol. The Kier molecular flexibility index (Phi) is 6.11. The third kappa shape index (κ3) is 5.11. The van der Waals surface area contributed by atoms with Crippen LogP contribution in [-0.4, -0.2) is 41.3 Å². The minimum absolute atomic E-state index is 0. The van der Waals surface area contributed by atoms with E-state index in [9.17, 15) is 22.0 Å². The van der Waals surface area contributed by atoms with Crippen LogP contribution in [0.15, 0.2) is 6.20 Å². The summed E-state index contributed by atoms with van der Waals surface area (Å²) >= 11 is 0. The van der Waals surface area contributed by atoms with Crippen molar-refractivity contribution >= 4 is 18.2 Å².